The van der Waals surface area contributed by atoms with Gasteiger partial charge in [-0.15, -0.1) is 0 Å². The van der Waals surface area contributed by atoms with E-state index in [1.54, 1.807) is 6.07 Å². The first-order valence-electron chi connectivity index (χ1n) is 5.38. The maximum atomic E-state index is 10.6. The van der Waals surface area contributed by atoms with Gasteiger partial charge in [-0.1, -0.05) is 0 Å². The topological polar surface area (TPSA) is 62.9 Å². The fraction of sp³-hybridized carbons (Fsp3) is 0.545. The Morgan fingerprint density at radius 3 is 3.00 bits per heavy atom. The molecule has 1 aliphatic rings. The van der Waals surface area contributed by atoms with E-state index in [-0.39, 0.29) is 5.76 Å². The zero-order valence-corrected chi connectivity index (χ0v) is 9.02. The number of rotatable bonds is 3. The molecule has 0 aliphatic carbocycles. The summed E-state index contributed by atoms with van der Waals surface area (Å²) in [5, 5.41) is 8.72. The van der Waals surface area contributed by atoms with Crippen LogP contribution in [-0.4, -0.2) is 42.3 Å². The lowest BCUT2D eigenvalue weighted by molar-refractivity contribution is 0.0658. The number of nitrogens with zero attached hydrogens (tertiary/aromatic N) is 1. The number of furan rings is 1. The van der Waals surface area contributed by atoms with Gasteiger partial charge in [0.05, 0.1) is 13.2 Å². The van der Waals surface area contributed by atoms with Crippen LogP contribution in [0, 0.1) is 0 Å². The van der Waals surface area contributed by atoms with Crippen LogP contribution in [0.25, 0.3) is 0 Å². The smallest absolute Gasteiger partial charge is 0.371 e. The molecule has 5 nitrogen and oxygen atoms in total. The molecule has 1 aliphatic heterocycles. The van der Waals surface area contributed by atoms with Crippen LogP contribution in [-0.2, 0) is 11.3 Å². The van der Waals surface area contributed by atoms with Gasteiger partial charge in [0.25, 0.3) is 0 Å². The lowest BCUT2D eigenvalue weighted by Crippen LogP contribution is -2.25. The van der Waals surface area contributed by atoms with E-state index in [2.05, 4.69) is 4.90 Å². The summed E-state index contributed by atoms with van der Waals surface area (Å²) in [7, 11) is 0. The minimum Gasteiger partial charge on any atom is -0.475 e. The first-order valence-corrected chi connectivity index (χ1v) is 5.38. The number of ether oxygens (including phenoxy) is 1. The average molecular weight is 225 g/mol. The van der Waals surface area contributed by atoms with Crippen LogP contribution in [0.1, 0.15) is 22.7 Å². The Balaban J connectivity index is 1.94. The molecular formula is C11H15NO4. The summed E-state index contributed by atoms with van der Waals surface area (Å²) in [6, 6.07) is 3.21. The highest BCUT2D eigenvalue weighted by Gasteiger charge is 2.13. The predicted molar refractivity (Wildman–Crippen MR) is 56.4 cm³/mol. The van der Waals surface area contributed by atoms with Crippen LogP contribution in [0.2, 0.25) is 0 Å². The van der Waals surface area contributed by atoms with Gasteiger partial charge in [-0.2, -0.15) is 0 Å². The van der Waals surface area contributed by atoms with Crippen molar-refractivity contribution in [2.75, 3.05) is 26.3 Å². The zero-order chi connectivity index (χ0) is 11.4. The van der Waals surface area contributed by atoms with E-state index in [9.17, 15) is 4.79 Å². The van der Waals surface area contributed by atoms with Gasteiger partial charge in [0, 0.05) is 19.7 Å². The Bertz CT molecular complexity index is 353. The molecule has 0 aromatic carbocycles. The SMILES string of the molecule is O=C(O)c1ccc(CN2CCCOCC2)o1. The Hall–Kier alpha value is -1.33. The van der Waals surface area contributed by atoms with Crippen LogP contribution < -0.4 is 0 Å². The van der Waals surface area contributed by atoms with Crippen LogP contribution >= 0.6 is 0 Å². The van der Waals surface area contributed by atoms with Crippen molar-refractivity contribution in [1.29, 1.82) is 0 Å². The fourth-order valence-corrected chi connectivity index (χ4v) is 1.75. The van der Waals surface area contributed by atoms with Crippen molar-refractivity contribution in [3.8, 4) is 0 Å². The van der Waals surface area contributed by atoms with Crippen molar-refractivity contribution >= 4 is 5.97 Å². The maximum Gasteiger partial charge on any atom is 0.371 e. The second kappa shape index (κ2) is 5.14. The Labute approximate surface area is 93.6 Å². The third-order valence-corrected chi connectivity index (χ3v) is 2.57. The number of aromatic carboxylic acids is 1. The molecular weight excluding hydrogens is 210 g/mol. The molecule has 1 N–H and O–H groups in total. The van der Waals surface area contributed by atoms with Gasteiger partial charge in [-0.3, -0.25) is 4.90 Å². The van der Waals surface area contributed by atoms with Crippen LogP contribution in [0.5, 0.6) is 0 Å². The number of hydrogen-bond donors (Lipinski definition) is 1. The number of hydrogen-bond acceptors (Lipinski definition) is 4. The van der Waals surface area contributed by atoms with Crippen molar-refractivity contribution in [3.63, 3.8) is 0 Å². The highest BCUT2D eigenvalue weighted by atomic mass is 16.5. The van der Waals surface area contributed by atoms with Gasteiger partial charge in [0.15, 0.2) is 0 Å². The summed E-state index contributed by atoms with van der Waals surface area (Å²) in [5.41, 5.74) is 0. The molecule has 0 amide bonds. The van der Waals surface area contributed by atoms with Gasteiger partial charge in [-0.05, 0) is 18.6 Å². The highest BCUT2D eigenvalue weighted by molar-refractivity contribution is 5.84. The van der Waals surface area contributed by atoms with Gasteiger partial charge in [0.2, 0.25) is 5.76 Å². The Morgan fingerprint density at radius 2 is 2.25 bits per heavy atom. The quantitative estimate of drug-likeness (QED) is 0.837. The van der Waals surface area contributed by atoms with E-state index >= 15 is 0 Å². The average Bonchev–Trinajstić information content (AvgIpc) is 2.56. The summed E-state index contributed by atoms with van der Waals surface area (Å²) >= 11 is 0. The molecule has 1 saturated heterocycles. The predicted octanol–water partition coefficient (Wildman–Crippen LogP) is 1.20. The first kappa shape index (κ1) is 11.2. The minimum absolute atomic E-state index is 0.000993. The lowest BCUT2D eigenvalue weighted by Gasteiger charge is -2.16. The second-order valence-corrected chi connectivity index (χ2v) is 3.81. The molecule has 0 unspecified atom stereocenters. The second-order valence-electron chi connectivity index (χ2n) is 3.81. The number of carbonyl (C=O) groups is 1. The van der Waals surface area contributed by atoms with Crippen LogP contribution in [0.3, 0.4) is 0 Å². The molecule has 1 aromatic heterocycles. The highest BCUT2D eigenvalue weighted by Crippen LogP contribution is 2.11. The Kier molecular flexibility index (Phi) is 3.58. The maximum absolute atomic E-state index is 10.6. The van der Waals surface area contributed by atoms with Crippen molar-refractivity contribution in [2.24, 2.45) is 0 Å². The zero-order valence-electron chi connectivity index (χ0n) is 9.02. The van der Waals surface area contributed by atoms with Gasteiger partial charge >= 0.3 is 5.97 Å². The Morgan fingerprint density at radius 1 is 1.38 bits per heavy atom. The third-order valence-electron chi connectivity index (χ3n) is 2.57. The lowest BCUT2D eigenvalue weighted by atomic mass is 10.3. The summed E-state index contributed by atoms with van der Waals surface area (Å²) in [5.74, 6) is -0.328. The molecule has 1 aromatic rings. The van der Waals surface area contributed by atoms with E-state index in [0.29, 0.717) is 12.3 Å². The number of carboxylic acid groups (broad SMARTS) is 1. The molecule has 0 radical (unpaired) electrons. The summed E-state index contributed by atoms with van der Waals surface area (Å²) in [6.07, 6.45) is 1.01. The molecule has 16 heavy (non-hydrogen) atoms. The molecule has 2 rings (SSSR count). The van der Waals surface area contributed by atoms with Crippen molar-refractivity contribution < 1.29 is 19.1 Å². The van der Waals surface area contributed by atoms with Crippen molar-refractivity contribution in [2.45, 2.75) is 13.0 Å². The molecule has 0 atom stereocenters. The molecule has 88 valence electrons. The monoisotopic (exact) mass is 225 g/mol. The molecule has 5 heteroatoms. The molecule has 0 spiro atoms. The van der Waals surface area contributed by atoms with Crippen LogP contribution in [0.15, 0.2) is 16.5 Å². The van der Waals surface area contributed by atoms with Gasteiger partial charge in [0.1, 0.15) is 5.76 Å². The van der Waals surface area contributed by atoms with E-state index in [1.165, 1.54) is 6.07 Å². The fourth-order valence-electron chi connectivity index (χ4n) is 1.75. The molecule has 0 saturated carbocycles. The summed E-state index contributed by atoms with van der Waals surface area (Å²) < 4.78 is 10.5. The van der Waals surface area contributed by atoms with E-state index in [0.717, 1.165) is 32.7 Å². The molecule has 0 bridgehead atoms. The first-order chi connectivity index (χ1) is 7.75. The summed E-state index contributed by atoms with van der Waals surface area (Å²) in [6.45, 7) is 4.00. The van der Waals surface area contributed by atoms with Crippen LogP contribution in [0.4, 0.5) is 0 Å². The van der Waals surface area contributed by atoms with Gasteiger partial charge < -0.3 is 14.3 Å². The van der Waals surface area contributed by atoms with Crippen molar-refractivity contribution in [3.05, 3.63) is 23.7 Å². The molecule has 2 heterocycles. The van der Waals surface area contributed by atoms with Gasteiger partial charge in [-0.25, -0.2) is 4.79 Å². The standard InChI is InChI=1S/C11H15NO4/c13-11(14)10-3-2-9(16-10)8-12-4-1-6-15-7-5-12/h2-3H,1,4-8H2,(H,13,14). The largest absolute Gasteiger partial charge is 0.475 e. The van der Waals surface area contributed by atoms with E-state index in [4.69, 9.17) is 14.3 Å². The van der Waals surface area contributed by atoms with E-state index in [1.807, 2.05) is 0 Å². The normalized spacial score (nSPS) is 18.2. The minimum atomic E-state index is -1.02. The van der Waals surface area contributed by atoms with E-state index < -0.39 is 5.97 Å². The number of carboxylic acids is 1. The molecule has 1 fully saturated rings. The third kappa shape index (κ3) is 2.84. The summed E-state index contributed by atoms with van der Waals surface area (Å²) in [4.78, 5) is 12.8. The van der Waals surface area contributed by atoms with Crippen molar-refractivity contribution in [1.82, 2.24) is 4.90 Å².